The van der Waals surface area contributed by atoms with Gasteiger partial charge >= 0.3 is 0 Å². The lowest BCUT2D eigenvalue weighted by Gasteiger charge is -1.96. The smallest absolute Gasteiger partial charge is 0.202 e. The Bertz CT molecular complexity index is 719. The van der Waals surface area contributed by atoms with Crippen LogP contribution in [-0.2, 0) is 0 Å². The standard InChI is InChI=1S/C16H12N3/c17-12-14-6-8-16(9-7-14)19-11-10-18(13-19)15-4-2-1-3-5-15/h1-11,13H/q+1. The Morgan fingerprint density at radius 3 is 2.37 bits per heavy atom. The Morgan fingerprint density at radius 1 is 0.947 bits per heavy atom. The number of para-hydroxylation sites is 1. The monoisotopic (exact) mass is 246 g/mol. The number of hydrogen-bond acceptors (Lipinski definition) is 1. The van der Waals surface area contributed by atoms with Gasteiger partial charge in [0.15, 0.2) is 0 Å². The maximum absolute atomic E-state index is 8.79. The lowest BCUT2D eigenvalue weighted by molar-refractivity contribution is -0.594. The summed E-state index contributed by atoms with van der Waals surface area (Å²) < 4.78 is 4.08. The van der Waals surface area contributed by atoms with E-state index in [-0.39, 0.29) is 0 Å². The summed E-state index contributed by atoms with van der Waals surface area (Å²) >= 11 is 0. The van der Waals surface area contributed by atoms with Crippen LogP contribution in [0.3, 0.4) is 0 Å². The molecule has 1 heterocycles. The van der Waals surface area contributed by atoms with E-state index in [1.165, 1.54) is 0 Å². The molecule has 0 saturated heterocycles. The molecule has 0 atom stereocenters. The summed E-state index contributed by atoms with van der Waals surface area (Å²) in [5.74, 6) is 0. The SMILES string of the molecule is N#Cc1ccc(-[n+]2ccn(-c3ccccc3)c2)cc1. The van der Waals surface area contributed by atoms with E-state index in [1.807, 2.05) is 65.8 Å². The second-order valence-corrected chi connectivity index (χ2v) is 4.22. The number of aromatic nitrogens is 2. The van der Waals surface area contributed by atoms with Crippen LogP contribution in [0, 0.1) is 11.3 Å². The van der Waals surface area contributed by atoms with E-state index in [4.69, 9.17) is 5.26 Å². The number of nitrogens with zero attached hydrogens (tertiary/aromatic N) is 3. The molecule has 0 bridgehead atoms. The normalized spacial score (nSPS) is 10.1. The van der Waals surface area contributed by atoms with Crippen molar-refractivity contribution in [2.45, 2.75) is 0 Å². The minimum Gasteiger partial charge on any atom is -0.202 e. The molecule has 0 fully saturated rings. The third-order valence-electron chi connectivity index (χ3n) is 2.99. The van der Waals surface area contributed by atoms with E-state index in [0.717, 1.165) is 11.4 Å². The van der Waals surface area contributed by atoms with Gasteiger partial charge in [0.25, 0.3) is 6.33 Å². The molecule has 0 radical (unpaired) electrons. The van der Waals surface area contributed by atoms with Crippen LogP contribution in [0.15, 0.2) is 73.3 Å². The van der Waals surface area contributed by atoms with E-state index in [2.05, 4.69) is 22.8 Å². The van der Waals surface area contributed by atoms with Gasteiger partial charge in [-0.25, -0.2) is 9.13 Å². The predicted octanol–water partition coefficient (Wildman–Crippen LogP) is 2.63. The number of imidazole rings is 1. The molecule has 0 amide bonds. The summed E-state index contributed by atoms with van der Waals surface area (Å²) in [7, 11) is 0. The second-order valence-electron chi connectivity index (χ2n) is 4.22. The quantitative estimate of drug-likeness (QED) is 0.640. The van der Waals surface area contributed by atoms with Gasteiger partial charge in [-0.3, -0.25) is 0 Å². The number of benzene rings is 2. The van der Waals surface area contributed by atoms with Gasteiger partial charge in [0.05, 0.1) is 11.6 Å². The van der Waals surface area contributed by atoms with Crippen LogP contribution in [0.2, 0.25) is 0 Å². The van der Waals surface area contributed by atoms with Crippen LogP contribution in [0.1, 0.15) is 5.56 Å². The zero-order valence-electron chi connectivity index (χ0n) is 10.3. The van der Waals surface area contributed by atoms with E-state index >= 15 is 0 Å². The van der Waals surface area contributed by atoms with Crippen LogP contribution in [0.5, 0.6) is 0 Å². The molecule has 3 aromatic rings. The molecule has 19 heavy (non-hydrogen) atoms. The van der Waals surface area contributed by atoms with Crippen molar-refractivity contribution in [1.29, 1.82) is 5.26 Å². The zero-order chi connectivity index (χ0) is 13.1. The first kappa shape index (κ1) is 11.2. The van der Waals surface area contributed by atoms with Crippen LogP contribution in [-0.4, -0.2) is 4.57 Å². The summed E-state index contributed by atoms with van der Waals surface area (Å²) in [6.45, 7) is 0. The van der Waals surface area contributed by atoms with Gasteiger partial charge in [-0.05, 0) is 36.4 Å². The molecule has 0 aliphatic heterocycles. The largest absolute Gasteiger partial charge is 0.254 e. The third-order valence-corrected chi connectivity index (χ3v) is 2.99. The van der Waals surface area contributed by atoms with Crippen LogP contribution < -0.4 is 4.57 Å². The lowest BCUT2D eigenvalue weighted by atomic mass is 10.2. The zero-order valence-corrected chi connectivity index (χ0v) is 10.3. The summed E-state index contributed by atoms with van der Waals surface area (Å²) in [4.78, 5) is 0. The van der Waals surface area contributed by atoms with Crippen molar-refractivity contribution in [2.24, 2.45) is 0 Å². The van der Waals surface area contributed by atoms with Crippen molar-refractivity contribution in [3.63, 3.8) is 0 Å². The molecular formula is C16H12N3+. The van der Waals surface area contributed by atoms with Gasteiger partial charge in [0.1, 0.15) is 23.8 Å². The van der Waals surface area contributed by atoms with Crippen LogP contribution in [0.4, 0.5) is 0 Å². The van der Waals surface area contributed by atoms with Crippen LogP contribution in [0.25, 0.3) is 11.4 Å². The second kappa shape index (κ2) is 4.79. The average molecular weight is 246 g/mol. The molecule has 3 rings (SSSR count). The molecule has 0 saturated carbocycles. The van der Waals surface area contributed by atoms with Crippen molar-refractivity contribution in [3.8, 4) is 17.4 Å². The Morgan fingerprint density at radius 2 is 1.68 bits per heavy atom. The lowest BCUT2D eigenvalue weighted by Crippen LogP contribution is -2.27. The molecular weight excluding hydrogens is 234 g/mol. The fourth-order valence-corrected chi connectivity index (χ4v) is 1.97. The maximum Gasteiger partial charge on any atom is 0.254 e. The molecule has 3 heteroatoms. The van der Waals surface area contributed by atoms with Crippen molar-refractivity contribution in [3.05, 3.63) is 78.9 Å². The molecule has 0 aliphatic rings. The van der Waals surface area contributed by atoms with Crippen molar-refractivity contribution in [2.75, 3.05) is 0 Å². The first-order chi connectivity index (χ1) is 9.36. The highest BCUT2D eigenvalue weighted by Crippen LogP contribution is 2.07. The summed E-state index contributed by atoms with van der Waals surface area (Å²) in [5, 5.41) is 8.79. The van der Waals surface area contributed by atoms with E-state index < -0.39 is 0 Å². The number of nitriles is 1. The molecule has 2 aromatic carbocycles. The molecule has 0 aliphatic carbocycles. The highest BCUT2D eigenvalue weighted by atomic mass is 15.1. The Balaban J connectivity index is 1.95. The Hall–Kier alpha value is -2.86. The van der Waals surface area contributed by atoms with E-state index in [1.54, 1.807) is 0 Å². The Kier molecular flexibility index (Phi) is 2.83. The summed E-state index contributed by atoms with van der Waals surface area (Å²) in [5.41, 5.74) is 2.83. The molecule has 90 valence electrons. The topological polar surface area (TPSA) is 32.6 Å². The average Bonchev–Trinajstić information content (AvgIpc) is 2.98. The molecule has 0 spiro atoms. The molecule has 1 aromatic heterocycles. The molecule has 3 nitrogen and oxygen atoms in total. The first-order valence-electron chi connectivity index (χ1n) is 6.02. The van der Waals surface area contributed by atoms with Gasteiger partial charge in [0, 0.05) is 0 Å². The first-order valence-corrected chi connectivity index (χ1v) is 6.02. The third kappa shape index (κ3) is 2.24. The van der Waals surface area contributed by atoms with Crippen molar-refractivity contribution >= 4 is 0 Å². The fraction of sp³-hybridized carbons (Fsp3) is 0. The van der Waals surface area contributed by atoms with Gasteiger partial charge in [0.2, 0.25) is 0 Å². The highest BCUT2D eigenvalue weighted by Gasteiger charge is 2.07. The summed E-state index contributed by atoms with van der Waals surface area (Å²) in [6.07, 6.45) is 6.01. The predicted molar refractivity (Wildman–Crippen MR) is 72.0 cm³/mol. The highest BCUT2D eigenvalue weighted by molar-refractivity contribution is 5.35. The number of hydrogen-bond donors (Lipinski definition) is 0. The van der Waals surface area contributed by atoms with Crippen molar-refractivity contribution < 1.29 is 4.57 Å². The van der Waals surface area contributed by atoms with Gasteiger partial charge in [-0.15, -0.1) is 0 Å². The molecule has 0 N–H and O–H groups in total. The fourth-order valence-electron chi connectivity index (χ4n) is 1.97. The van der Waals surface area contributed by atoms with Crippen molar-refractivity contribution in [1.82, 2.24) is 4.57 Å². The van der Waals surface area contributed by atoms with Gasteiger partial charge < -0.3 is 0 Å². The van der Waals surface area contributed by atoms with Gasteiger partial charge in [-0.2, -0.15) is 5.26 Å². The Labute approximate surface area is 111 Å². The van der Waals surface area contributed by atoms with Gasteiger partial charge in [-0.1, -0.05) is 18.2 Å². The van der Waals surface area contributed by atoms with Crippen LogP contribution >= 0.6 is 0 Å². The van der Waals surface area contributed by atoms with E-state index in [0.29, 0.717) is 5.56 Å². The number of rotatable bonds is 2. The molecule has 0 unspecified atom stereocenters. The minimum absolute atomic E-state index is 0.673. The maximum atomic E-state index is 8.79. The minimum atomic E-state index is 0.673. The summed E-state index contributed by atoms with van der Waals surface area (Å²) in [6, 6.07) is 19.8. The van der Waals surface area contributed by atoms with E-state index in [9.17, 15) is 0 Å².